The number of ether oxygens (including phenoxy) is 2. The Labute approximate surface area is 153 Å². The number of rotatable bonds is 7. The molecule has 3 aromatic rings. The highest BCUT2D eigenvalue weighted by atomic mass is 16.5. The van der Waals surface area contributed by atoms with Crippen LogP contribution in [0, 0.1) is 0 Å². The summed E-state index contributed by atoms with van der Waals surface area (Å²) in [7, 11) is 5.31. The molecule has 0 aliphatic rings. The highest BCUT2D eigenvalue weighted by Crippen LogP contribution is 2.28. The average Bonchev–Trinajstić information content (AvgIpc) is 3.18. The normalized spacial score (nSPS) is 12.2. The fraction of sp³-hybridized carbons (Fsp3) is 0.300. The zero-order valence-corrected chi connectivity index (χ0v) is 15.5. The van der Waals surface area contributed by atoms with Crippen molar-refractivity contribution in [1.29, 1.82) is 0 Å². The minimum atomic E-state index is -0.0354. The summed E-state index contributed by atoms with van der Waals surface area (Å²) >= 11 is 0. The molecule has 0 N–H and O–H groups in total. The summed E-state index contributed by atoms with van der Waals surface area (Å²) < 4.78 is 16.2. The molecule has 0 radical (unpaired) electrons. The van der Waals surface area contributed by atoms with E-state index < -0.39 is 0 Å². The van der Waals surface area contributed by atoms with Crippen LogP contribution in [0.15, 0.2) is 53.1 Å². The van der Waals surface area contributed by atoms with Crippen LogP contribution in [0.25, 0.3) is 11.4 Å². The SMILES string of the molecule is COc1ccc(CN(C)C(C)c2nc(-c3ccccc3)no2)c(OC)c1. The van der Waals surface area contributed by atoms with Gasteiger partial charge in [0.15, 0.2) is 0 Å². The molecule has 1 atom stereocenters. The van der Waals surface area contributed by atoms with Gasteiger partial charge in [-0.3, -0.25) is 4.90 Å². The predicted molar refractivity (Wildman–Crippen MR) is 99.2 cm³/mol. The van der Waals surface area contributed by atoms with Gasteiger partial charge in [0.2, 0.25) is 11.7 Å². The fourth-order valence-corrected chi connectivity index (χ4v) is 2.69. The first-order valence-electron chi connectivity index (χ1n) is 8.42. The van der Waals surface area contributed by atoms with E-state index in [1.165, 1.54) is 0 Å². The Hall–Kier alpha value is -2.86. The lowest BCUT2D eigenvalue weighted by Gasteiger charge is -2.22. The van der Waals surface area contributed by atoms with E-state index in [2.05, 4.69) is 15.0 Å². The third-order valence-electron chi connectivity index (χ3n) is 4.41. The minimum Gasteiger partial charge on any atom is -0.497 e. The van der Waals surface area contributed by atoms with Crippen LogP contribution >= 0.6 is 0 Å². The molecule has 1 aromatic heterocycles. The van der Waals surface area contributed by atoms with Gasteiger partial charge in [-0.2, -0.15) is 4.98 Å². The maximum Gasteiger partial charge on any atom is 0.244 e. The van der Waals surface area contributed by atoms with Gasteiger partial charge in [0.05, 0.1) is 20.3 Å². The van der Waals surface area contributed by atoms with Crippen molar-refractivity contribution in [3.63, 3.8) is 0 Å². The minimum absolute atomic E-state index is 0.0354. The molecule has 26 heavy (non-hydrogen) atoms. The van der Waals surface area contributed by atoms with Crippen molar-refractivity contribution in [2.24, 2.45) is 0 Å². The number of nitrogens with zero attached hydrogens (tertiary/aromatic N) is 3. The van der Waals surface area contributed by atoms with Gasteiger partial charge in [-0.25, -0.2) is 0 Å². The van der Waals surface area contributed by atoms with Crippen molar-refractivity contribution in [2.45, 2.75) is 19.5 Å². The number of hydrogen-bond donors (Lipinski definition) is 0. The first-order chi connectivity index (χ1) is 12.6. The summed E-state index contributed by atoms with van der Waals surface area (Å²) in [6.07, 6.45) is 0. The van der Waals surface area contributed by atoms with Gasteiger partial charge in [0, 0.05) is 23.7 Å². The third-order valence-corrected chi connectivity index (χ3v) is 4.41. The van der Waals surface area contributed by atoms with Crippen molar-refractivity contribution in [3.8, 4) is 22.9 Å². The molecule has 6 nitrogen and oxygen atoms in total. The van der Waals surface area contributed by atoms with Crippen molar-refractivity contribution < 1.29 is 14.0 Å². The number of benzene rings is 2. The topological polar surface area (TPSA) is 60.6 Å². The Balaban J connectivity index is 1.74. The maximum atomic E-state index is 5.48. The molecule has 1 unspecified atom stereocenters. The summed E-state index contributed by atoms with van der Waals surface area (Å²) in [6, 6.07) is 15.6. The van der Waals surface area contributed by atoms with E-state index in [0.29, 0.717) is 18.3 Å². The smallest absolute Gasteiger partial charge is 0.244 e. The van der Waals surface area contributed by atoms with Crippen LogP contribution in [0.5, 0.6) is 11.5 Å². The average molecular weight is 353 g/mol. The molecule has 0 fully saturated rings. The number of hydrogen-bond acceptors (Lipinski definition) is 6. The predicted octanol–water partition coefficient (Wildman–Crippen LogP) is 3.95. The monoisotopic (exact) mass is 353 g/mol. The van der Waals surface area contributed by atoms with Crippen LogP contribution in [0.4, 0.5) is 0 Å². The van der Waals surface area contributed by atoms with Crippen LogP contribution in [0.1, 0.15) is 24.4 Å². The molecule has 1 heterocycles. The second-order valence-electron chi connectivity index (χ2n) is 6.09. The zero-order chi connectivity index (χ0) is 18.5. The highest BCUT2D eigenvalue weighted by Gasteiger charge is 2.20. The van der Waals surface area contributed by atoms with Crippen LogP contribution in [-0.2, 0) is 6.54 Å². The van der Waals surface area contributed by atoms with Crippen molar-refractivity contribution >= 4 is 0 Å². The molecule has 0 saturated carbocycles. The Morgan fingerprint density at radius 2 is 1.85 bits per heavy atom. The van der Waals surface area contributed by atoms with E-state index in [1.54, 1.807) is 14.2 Å². The van der Waals surface area contributed by atoms with Crippen LogP contribution in [0.2, 0.25) is 0 Å². The molecule has 0 spiro atoms. The van der Waals surface area contributed by atoms with E-state index >= 15 is 0 Å². The summed E-state index contributed by atoms with van der Waals surface area (Å²) in [5.74, 6) is 2.74. The Morgan fingerprint density at radius 3 is 2.54 bits per heavy atom. The standard InChI is InChI=1S/C20H23N3O3/c1-14(20-21-19(22-26-20)15-8-6-5-7-9-15)23(2)13-16-10-11-17(24-3)12-18(16)25-4/h5-12,14H,13H2,1-4H3. The van der Waals surface area contributed by atoms with E-state index in [0.717, 1.165) is 22.6 Å². The van der Waals surface area contributed by atoms with Crippen LogP contribution in [-0.4, -0.2) is 36.3 Å². The molecule has 0 amide bonds. The van der Waals surface area contributed by atoms with E-state index in [1.807, 2.05) is 62.5 Å². The first kappa shape index (κ1) is 17.9. The van der Waals surface area contributed by atoms with Gasteiger partial charge in [-0.15, -0.1) is 0 Å². The van der Waals surface area contributed by atoms with Gasteiger partial charge in [-0.1, -0.05) is 41.6 Å². The Morgan fingerprint density at radius 1 is 1.08 bits per heavy atom. The van der Waals surface area contributed by atoms with Gasteiger partial charge >= 0.3 is 0 Å². The second-order valence-corrected chi connectivity index (χ2v) is 6.09. The van der Waals surface area contributed by atoms with E-state index in [-0.39, 0.29) is 6.04 Å². The lowest BCUT2D eigenvalue weighted by molar-refractivity contribution is 0.200. The van der Waals surface area contributed by atoms with Gasteiger partial charge in [0.1, 0.15) is 11.5 Å². The van der Waals surface area contributed by atoms with Crippen LogP contribution < -0.4 is 9.47 Å². The van der Waals surface area contributed by atoms with Gasteiger partial charge in [0.25, 0.3) is 0 Å². The van der Waals surface area contributed by atoms with Gasteiger partial charge in [-0.05, 0) is 20.0 Å². The Kier molecular flexibility index (Phi) is 5.53. The van der Waals surface area contributed by atoms with Gasteiger partial charge < -0.3 is 14.0 Å². The fourth-order valence-electron chi connectivity index (χ4n) is 2.69. The molecular formula is C20H23N3O3. The third kappa shape index (κ3) is 3.86. The molecule has 2 aromatic carbocycles. The van der Waals surface area contributed by atoms with Crippen molar-refractivity contribution in [3.05, 3.63) is 60.0 Å². The largest absolute Gasteiger partial charge is 0.497 e. The highest BCUT2D eigenvalue weighted by molar-refractivity contribution is 5.53. The molecule has 3 rings (SSSR count). The quantitative estimate of drug-likeness (QED) is 0.641. The molecule has 0 aliphatic carbocycles. The lowest BCUT2D eigenvalue weighted by Crippen LogP contribution is -2.22. The molecule has 0 bridgehead atoms. The first-order valence-corrected chi connectivity index (χ1v) is 8.42. The van der Waals surface area contributed by atoms with Crippen molar-refractivity contribution in [1.82, 2.24) is 15.0 Å². The lowest BCUT2D eigenvalue weighted by atomic mass is 10.1. The molecule has 6 heteroatoms. The molecule has 136 valence electrons. The van der Waals surface area contributed by atoms with E-state index in [4.69, 9.17) is 14.0 Å². The summed E-state index contributed by atoms with van der Waals surface area (Å²) in [5, 5.41) is 4.10. The van der Waals surface area contributed by atoms with Crippen molar-refractivity contribution in [2.75, 3.05) is 21.3 Å². The van der Waals surface area contributed by atoms with Crippen LogP contribution in [0.3, 0.4) is 0 Å². The maximum absolute atomic E-state index is 5.48. The second kappa shape index (κ2) is 8.01. The number of aromatic nitrogens is 2. The Bertz CT molecular complexity index is 849. The number of methoxy groups -OCH3 is 2. The molecular weight excluding hydrogens is 330 g/mol. The molecule has 0 saturated heterocycles. The summed E-state index contributed by atoms with van der Waals surface area (Å²) in [6.45, 7) is 2.72. The molecule has 0 aliphatic heterocycles. The summed E-state index contributed by atoms with van der Waals surface area (Å²) in [5.41, 5.74) is 2.00. The van der Waals surface area contributed by atoms with E-state index in [9.17, 15) is 0 Å². The zero-order valence-electron chi connectivity index (χ0n) is 15.5. The summed E-state index contributed by atoms with van der Waals surface area (Å²) in [4.78, 5) is 6.67.